The van der Waals surface area contributed by atoms with Gasteiger partial charge in [-0.15, -0.1) is 0 Å². The summed E-state index contributed by atoms with van der Waals surface area (Å²) in [5.74, 6) is -1.45. The van der Waals surface area contributed by atoms with E-state index in [4.69, 9.17) is 11.6 Å². The van der Waals surface area contributed by atoms with Crippen LogP contribution < -0.4 is 5.32 Å². The summed E-state index contributed by atoms with van der Waals surface area (Å²) in [5, 5.41) is 12.2. The van der Waals surface area contributed by atoms with Crippen LogP contribution in [0.25, 0.3) is 0 Å². The third-order valence-corrected chi connectivity index (χ3v) is 4.23. The normalized spacial score (nSPS) is 17.3. The van der Waals surface area contributed by atoms with Crippen molar-refractivity contribution in [1.29, 1.82) is 0 Å². The van der Waals surface area contributed by atoms with Crippen molar-refractivity contribution in [1.82, 2.24) is 9.80 Å². The standard InChI is InChI=1S/C16H20ClN3O4/c1-19(2)16(24)18-10-6-7-12(17)11(9-10)14(21)20-8-4-3-5-13(20)15(22)23/h6-7,9,13H,3-5,8H2,1-2H3,(H,18,24)(H,22,23). The lowest BCUT2D eigenvalue weighted by molar-refractivity contribution is -0.143. The molecule has 0 saturated carbocycles. The fourth-order valence-electron chi connectivity index (χ4n) is 2.59. The maximum Gasteiger partial charge on any atom is 0.326 e. The highest BCUT2D eigenvalue weighted by atomic mass is 35.5. The third-order valence-electron chi connectivity index (χ3n) is 3.90. The fraction of sp³-hybridized carbons (Fsp3) is 0.438. The van der Waals surface area contributed by atoms with E-state index in [2.05, 4.69) is 5.32 Å². The first-order chi connectivity index (χ1) is 11.3. The topological polar surface area (TPSA) is 90.0 Å². The van der Waals surface area contributed by atoms with E-state index in [9.17, 15) is 19.5 Å². The molecule has 1 heterocycles. The van der Waals surface area contributed by atoms with Gasteiger partial charge in [0.2, 0.25) is 0 Å². The van der Waals surface area contributed by atoms with Gasteiger partial charge < -0.3 is 20.2 Å². The number of rotatable bonds is 3. The van der Waals surface area contributed by atoms with E-state index in [0.717, 1.165) is 12.8 Å². The Balaban J connectivity index is 2.27. The number of nitrogens with one attached hydrogen (secondary N) is 1. The molecule has 1 aliphatic rings. The van der Waals surface area contributed by atoms with Crippen LogP contribution in [-0.2, 0) is 4.79 Å². The minimum Gasteiger partial charge on any atom is -0.480 e. The van der Waals surface area contributed by atoms with Gasteiger partial charge >= 0.3 is 12.0 Å². The van der Waals surface area contributed by atoms with Crippen molar-refractivity contribution in [2.45, 2.75) is 25.3 Å². The quantitative estimate of drug-likeness (QED) is 0.873. The number of hydrogen-bond acceptors (Lipinski definition) is 3. The number of benzene rings is 1. The Labute approximate surface area is 145 Å². The summed E-state index contributed by atoms with van der Waals surface area (Å²) >= 11 is 6.12. The molecule has 1 aromatic carbocycles. The van der Waals surface area contributed by atoms with Crippen molar-refractivity contribution in [2.24, 2.45) is 0 Å². The van der Waals surface area contributed by atoms with Crippen LogP contribution in [0, 0.1) is 0 Å². The molecule has 1 saturated heterocycles. The molecule has 7 nitrogen and oxygen atoms in total. The van der Waals surface area contributed by atoms with E-state index >= 15 is 0 Å². The second kappa shape index (κ2) is 7.53. The Morgan fingerprint density at radius 1 is 1.29 bits per heavy atom. The van der Waals surface area contributed by atoms with Gasteiger partial charge in [-0.3, -0.25) is 4.79 Å². The average Bonchev–Trinajstić information content (AvgIpc) is 2.55. The molecule has 0 spiro atoms. The molecule has 0 bridgehead atoms. The number of halogens is 1. The highest BCUT2D eigenvalue weighted by Crippen LogP contribution is 2.26. The van der Waals surface area contributed by atoms with Crippen LogP contribution in [0.4, 0.5) is 10.5 Å². The van der Waals surface area contributed by atoms with E-state index in [1.165, 1.54) is 21.9 Å². The van der Waals surface area contributed by atoms with Crippen molar-refractivity contribution >= 4 is 35.2 Å². The van der Waals surface area contributed by atoms with Gasteiger partial charge in [-0.25, -0.2) is 9.59 Å². The molecule has 3 amide bonds. The molecule has 24 heavy (non-hydrogen) atoms. The summed E-state index contributed by atoms with van der Waals surface area (Å²) in [7, 11) is 3.20. The number of carbonyl (C=O) groups is 3. The van der Waals surface area contributed by atoms with E-state index in [1.54, 1.807) is 20.2 Å². The lowest BCUT2D eigenvalue weighted by atomic mass is 10.0. The highest BCUT2D eigenvalue weighted by molar-refractivity contribution is 6.34. The summed E-state index contributed by atoms with van der Waals surface area (Å²) in [5.41, 5.74) is 0.603. The lowest BCUT2D eigenvalue weighted by Gasteiger charge is -2.33. The molecule has 0 aromatic heterocycles. The van der Waals surface area contributed by atoms with Crippen molar-refractivity contribution in [3.05, 3.63) is 28.8 Å². The number of likely N-dealkylation sites (tertiary alicyclic amines) is 1. The molecule has 2 N–H and O–H groups in total. The van der Waals surface area contributed by atoms with Crippen molar-refractivity contribution in [2.75, 3.05) is 26.0 Å². The van der Waals surface area contributed by atoms with Crippen LogP contribution in [0.1, 0.15) is 29.6 Å². The summed E-state index contributed by atoms with van der Waals surface area (Å²) in [6.45, 7) is 0.375. The number of hydrogen-bond donors (Lipinski definition) is 2. The first kappa shape index (κ1) is 18.1. The van der Waals surface area contributed by atoms with E-state index in [-0.39, 0.29) is 16.6 Å². The second-order valence-corrected chi connectivity index (χ2v) is 6.27. The van der Waals surface area contributed by atoms with Crippen molar-refractivity contribution < 1.29 is 19.5 Å². The lowest BCUT2D eigenvalue weighted by Crippen LogP contribution is -2.48. The average molecular weight is 354 g/mol. The molecule has 1 fully saturated rings. The number of urea groups is 1. The first-order valence-electron chi connectivity index (χ1n) is 7.63. The monoisotopic (exact) mass is 353 g/mol. The van der Waals surface area contributed by atoms with Crippen molar-refractivity contribution in [3.63, 3.8) is 0 Å². The first-order valence-corrected chi connectivity index (χ1v) is 8.00. The van der Waals surface area contributed by atoms with Crippen LogP contribution in [0.3, 0.4) is 0 Å². The Hall–Kier alpha value is -2.28. The van der Waals surface area contributed by atoms with Crippen LogP contribution in [0.15, 0.2) is 18.2 Å². The van der Waals surface area contributed by atoms with Gasteiger partial charge in [0.05, 0.1) is 10.6 Å². The largest absolute Gasteiger partial charge is 0.480 e. The number of amides is 3. The van der Waals surface area contributed by atoms with Gasteiger partial charge in [-0.1, -0.05) is 11.6 Å². The van der Waals surface area contributed by atoms with Gasteiger partial charge in [-0.2, -0.15) is 0 Å². The molecule has 2 rings (SSSR count). The van der Waals surface area contributed by atoms with E-state index < -0.39 is 17.9 Å². The molecule has 1 atom stereocenters. The molecule has 130 valence electrons. The van der Waals surface area contributed by atoms with Crippen LogP contribution in [0.5, 0.6) is 0 Å². The number of anilines is 1. The van der Waals surface area contributed by atoms with Gasteiger partial charge in [-0.05, 0) is 37.5 Å². The van der Waals surface area contributed by atoms with Crippen LogP contribution in [0.2, 0.25) is 5.02 Å². The summed E-state index contributed by atoms with van der Waals surface area (Å²) in [6.07, 6.45) is 1.95. The summed E-state index contributed by atoms with van der Waals surface area (Å²) in [4.78, 5) is 38.6. The molecular weight excluding hydrogens is 334 g/mol. The Morgan fingerprint density at radius 3 is 2.62 bits per heavy atom. The van der Waals surface area contributed by atoms with E-state index in [0.29, 0.717) is 18.7 Å². The second-order valence-electron chi connectivity index (χ2n) is 5.87. The molecule has 1 aliphatic heterocycles. The van der Waals surface area contributed by atoms with Gasteiger partial charge in [0.15, 0.2) is 0 Å². The maximum atomic E-state index is 12.8. The smallest absolute Gasteiger partial charge is 0.326 e. The number of carbonyl (C=O) groups excluding carboxylic acids is 2. The molecule has 8 heteroatoms. The van der Waals surface area contributed by atoms with Crippen LogP contribution >= 0.6 is 11.6 Å². The Kier molecular flexibility index (Phi) is 5.66. The predicted octanol–water partition coefficient (Wildman–Crippen LogP) is 2.51. The number of carboxylic acid groups (broad SMARTS) is 1. The van der Waals surface area contributed by atoms with E-state index in [1.807, 2.05) is 0 Å². The molecule has 0 radical (unpaired) electrons. The molecule has 1 unspecified atom stereocenters. The van der Waals surface area contributed by atoms with Gasteiger partial charge in [0.25, 0.3) is 5.91 Å². The van der Waals surface area contributed by atoms with Gasteiger partial charge in [0.1, 0.15) is 6.04 Å². The molecule has 1 aromatic rings. The zero-order valence-electron chi connectivity index (χ0n) is 13.6. The maximum absolute atomic E-state index is 12.8. The molecule has 0 aliphatic carbocycles. The molecular formula is C16H20ClN3O4. The Morgan fingerprint density at radius 2 is 2.00 bits per heavy atom. The highest BCUT2D eigenvalue weighted by Gasteiger charge is 2.33. The number of carboxylic acids is 1. The summed E-state index contributed by atoms with van der Waals surface area (Å²) < 4.78 is 0. The number of nitrogens with zero attached hydrogens (tertiary/aromatic N) is 2. The number of aliphatic carboxylic acids is 1. The zero-order valence-corrected chi connectivity index (χ0v) is 14.3. The zero-order chi connectivity index (χ0) is 17.9. The number of piperidine rings is 1. The minimum absolute atomic E-state index is 0.182. The summed E-state index contributed by atoms with van der Waals surface area (Å²) in [6, 6.07) is 3.39. The van der Waals surface area contributed by atoms with Crippen molar-refractivity contribution in [3.8, 4) is 0 Å². The van der Waals surface area contributed by atoms with Crippen LogP contribution in [-0.4, -0.2) is 59.5 Å². The Bertz CT molecular complexity index is 663. The SMILES string of the molecule is CN(C)C(=O)Nc1ccc(Cl)c(C(=O)N2CCCCC2C(=O)O)c1. The fourth-order valence-corrected chi connectivity index (χ4v) is 2.79. The predicted molar refractivity (Wildman–Crippen MR) is 90.5 cm³/mol. The third kappa shape index (κ3) is 3.97. The van der Waals surface area contributed by atoms with Gasteiger partial charge in [0, 0.05) is 26.3 Å². The minimum atomic E-state index is -1.02.